The zero-order valence-electron chi connectivity index (χ0n) is 13.9. The first-order valence-electron chi connectivity index (χ1n) is 7.94. The van der Waals surface area contributed by atoms with Crippen LogP contribution in [-0.4, -0.2) is 38.3 Å². The second-order valence-corrected chi connectivity index (χ2v) is 7.00. The molecule has 0 fully saturated rings. The van der Waals surface area contributed by atoms with Gasteiger partial charge in [-0.15, -0.1) is 11.8 Å². The fourth-order valence-electron chi connectivity index (χ4n) is 2.36. The number of carboxylic acids is 1. The molecule has 134 valence electrons. The van der Waals surface area contributed by atoms with E-state index in [1.54, 1.807) is 43.3 Å². The lowest BCUT2D eigenvalue weighted by molar-refractivity contribution is 0.0330. The molecule has 0 aliphatic rings. The molecule has 2 rings (SSSR count). The van der Waals surface area contributed by atoms with Crippen molar-refractivity contribution in [1.29, 1.82) is 0 Å². The van der Waals surface area contributed by atoms with Crippen molar-refractivity contribution in [2.75, 3.05) is 5.75 Å². The Morgan fingerprint density at radius 1 is 1.04 bits per heavy atom. The lowest BCUT2D eigenvalue weighted by Gasteiger charge is -2.24. The lowest BCUT2D eigenvalue weighted by atomic mass is 9.93. The molecule has 2 aromatic carbocycles. The average Bonchev–Trinajstić information content (AvgIpc) is 2.65. The Labute approximate surface area is 151 Å². The van der Waals surface area contributed by atoms with E-state index in [0.29, 0.717) is 11.3 Å². The highest BCUT2D eigenvalue weighted by Gasteiger charge is 2.24. The first-order valence-corrected chi connectivity index (χ1v) is 8.93. The van der Waals surface area contributed by atoms with Gasteiger partial charge in [0.1, 0.15) is 0 Å². The molecule has 0 saturated carbocycles. The van der Waals surface area contributed by atoms with Crippen LogP contribution >= 0.6 is 11.8 Å². The Balaban J connectivity index is 1.92. The highest BCUT2D eigenvalue weighted by molar-refractivity contribution is 7.99. The van der Waals surface area contributed by atoms with Crippen molar-refractivity contribution < 1.29 is 25.2 Å². The van der Waals surface area contributed by atoms with Crippen molar-refractivity contribution in [3.05, 3.63) is 65.2 Å². The van der Waals surface area contributed by atoms with Crippen molar-refractivity contribution >= 4 is 17.7 Å². The summed E-state index contributed by atoms with van der Waals surface area (Å²) < 4.78 is 0. The van der Waals surface area contributed by atoms with Crippen LogP contribution in [0.4, 0.5) is 0 Å². The molecule has 3 unspecified atom stereocenters. The predicted octanol–water partition coefficient (Wildman–Crippen LogP) is 2.70. The molecule has 0 spiro atoms. The van der Waals surface area contributed by atoms with Crippen LogP contribution < -0.4 is 0 Å². The van der Waals surface area contributed by atoms with Crippen LogP contribution in [0.3, 0.4) is 0 Å². The third-order valence-corrected chi connectivity index (χ3v) is 5.24. The topological polar surface area (TPSA) is 98.0 Å². The van der Waals surface area contributed by atoms with E-state index in [1.807, 2.05) is 0 Å². The number of carbonyl (C=O) groups is 1. The summed E-state index contributed by atoms with van der Waals surface area (Å²) in [6, 6.07) is 13.4. The van der Waals surface area contributed by atoms with E-state index in [-0.39, 0.29) is 18.1 Å². The van der Waals surface area contributed by atoms with E-state index >= 15 is 0 Å². The van der Waals surface area contributed by atoms with Crippen LogP contribution in [0.2, 0.25) is 0 Å². The molecule has 0 radical (unpaired) electrons. The molecule has 4 N–H and O–H groups in total. The number of aromatic carboxylic acids is 1. The summed E-state index contributed by atoms with van der Waals surface area (Å²) in [6.45, 7) is 1.73. The van der Waals surface area contributed by atoms with Gasteiger partial charge in [0.2, 0.25) is 0 Å². The Morgan fingerprint density at radius 2 is 1.64 bits per heavy atom. The quantitative estimate of drug-likeness (QED) is 0.539. The molecule has 0 aliphatic carbocycles. The number of aliphatic hydroxyl groups excluding tert-OH is 3. The molecule has 0 heterocycles. The third-order valence-electron chi connectivity index (χ3n) is 4.13. The Kier molecular flexibility index (Phi) is 7.01. The Morgan fingerprint density at radius 3 is 2.16 bits per heavy atom. The maximum Gasteiger partial charge on any atom is 0.335 e. The molecule has 0 amide bonds. The summed E-state index contributed by atoms with van der Waals surface area (Å²) in [5, 5.41) is 38.7. The van der Waals surface area contributed by atoms with Gasteiger partial charge in [0.05, 0.1) is 24.4 Å². The number of benzene rings is 2. The van der Waals surface area contributed by atoms with Gasteiger partial charge in [0, 0.05) is 16.6 Å². The molecule has 0 aliphatic heterocycles. The van der Waals surface area contributed by atoms with Crippen molar-refractivity contribution in [2.24, 2.45) is 5.92 Å². The second kappa shape index (κ2) is 9.01. The highest BCUT2D eigenvalue weighted by atomic mass is 32.2. The van der Waals surface area contributed by atoms with Crippen molar-refractivity contribution in [1.82, 2.24) is 0 Å². The largest absolute Gasteiger partial charge is 0.478 e. The maximum absolute atomic E-state index is 10.8. The number of aliphatic hydroxyl groups is 3. The van der Waals surface area contributed by atoms with Crippen molar-refractivity contribution in [3.63, 3.8) is 0 Å². The molecule has 6 heteroatoms. The first kappa shape index (κ1) is 19.5. The highest BCUT2D eigenvalue weighted by Crippen LogP contribution is 2.28. The van der Waals surface area contributed by atoms with Gasteiger partial charge in [0.15, 0.2) is 0 Å². The molecule has 0 bridgehead atoms. The first-order chi connectivity index (χ1) is 11.9. The molecule has 25 heavy (non-hydrogen) atoms. The van der Waals surface area contributed by atoms with E-state index in [1.165, 1.54) is 23.9 Å². The van der Waals surface area contributed by atoms with Crippen LogP contribution in [-0.2, 0) is 6.61 Å². The minimum atomic E-state index is -0.972. The molecule has 3 atom stereocenters. The van der Waals surface area contributed by atoms with E-state index in [2.05, 4.69) is 0 Å². The van der Waals surface area contributed by atoms with Crippen LogP contribution in [0, 0.1) is 5.92 Å². The standard InChI is InChI=1S/C19H22O5S/c1-12(18(22)14-4-2-13(10-20)3-5-14)17(21)11-25-16-8-6-15(7-9-16)19(23)24/h2-9,12,17-18,20-22H,10-11H2,1H3,(H,23,24). The fourth-order valence-corrected chi connectivity index (χ4v) is 3.36. The number of hydrogen-bond donors (Lipinski definition) is 4. The van der Waals surface area contributed by atoms with Gasteiger partial charge in [-0.3, -0.25) is 0 Å². The van der Waals surface area contributed by atoms with E-state index < -0.39 is 18.2 Å². The minimum Gasteiger partial charge on any atom is -0.478 e. The third kappa shape index (κ3) is 5.31. The number of hydrogen-bond acceptors (Lipinski definition) is 5. The van der Waals surface area contributed by atoms with Gasteiger partial charge in [0.25, 0.3) is 0 Å². The number of carboxylic acid groups (broad SMARTS) is 1. The smallest absolute Gasteiger partial charge is 0.335 e. The summed E-state index contributed by atoms with van der Waals surface area (Å²) >= 11 is 1.41. The van der Waals surface area contributed by atoms with Crippen LogP contribution in [0.15, 0.2) is 53.4 Å². The molecule has 0 aromatic heterocycles. The summed E-state index contributed by atoms with van der Waals surface area (Å²) in [6.07, 6.45) is -1.53. The Bertz CT molecular complexity index is 684. The molecule has 2 aromatic rings. The molecular weight excluding hydrogens is 340 g/mol. The van der Waals surface area contributed by atoms with Gasteiger partial charge >= 0.3 is 5.97 Å². The van der Waals surface area contributed by atoms with Gasteiger partial charge in [-0.2, -0.15) is 0 Å². The SMILES string of the molecule is CC(C(O)CSc1ccc(C(=O)O)cc1)C(O)c1ccc(CO)cc1. The van der Waals surface area contributed by atoms with Crippen LogP contribution in [0.25, 0.3) is 0 Å². The number of rotatable bonds is 8. The van der Waals surface area contributed by atoms with Gasteiger partial charge in [-0.1, -0.05) is 31.2 Å². The Hall–Kier alpha value is -1.86. The molecule has 0 saturated heterocycles. The van der Waals surface area contributed by atoms with Crippen molar-refractivity contribution in [2.45, 2.75) is 30.6 Å². The van der Waals surface area contributed by atoms with E-state index in [9.17, 15) is 15.0 Å². The van der Waals surface area contributed by atoms with Crippen molar-refractivity contribution in [3.8, 4) is 0 Å². The fraction of sp³-hybridized carbons (Fsp3) is 0.316. The summed E-state index contributed by atoms with van der Waals surface area (Å²) in [7, 11) is 0. The van der Waals surface area contributed by atoms with Gasteiger partial charge in [-0.05, 0) is 35.4 Å². The minimum absolute atomic E-state index is 0.0497. The van der Waals surface area contributed by atoms with Gasteiger partial charge in [-0.25, -0.2) is 4.79 Å². The molecule has 5 nitrogen and oxygen atoms in total. The van der Waals surface area contributed by atoms with Crippen LogP contribution in [0.1, 0.15) is 34.5 Å². The van der Waals surface area contributed by atoms with Gasteiger partial charge < -0.3 is 20.4 Å². The maximum atomic E-state index is 10.8. The predicted molar refractivity (Wildman–Crippen MR) is 96.6 cm³/mol. The van der Waals surface area contributed by atoms with Crippen LogP contribution in [0.5, 0.6) is 0 Å². The average molecular weight is 362 g/mol. The van der Waals surface area contributed by atoms with E-state index in [0.717, 1.165) is 10.5 Å². The normalized spacial score (nSPS) is 14.7. The summed E-state index contributed by atoms with van der Waals surface area (Å²) in [5.41, 5.74) is 1.68. The summed E-state index contributed by atoms with van der Waals surface area (Å²) in [4.78, 5) is 11.7. The van der Waals surface area contributed by atoms with E-state index in [4.69, 9.17) is 10.2 Å². The summed E-state index contributed by atoms with van der Waals surface area (Å²) in [5.74, 6) is -0.953. The lowest BCUT2D eigenvalue weighted by Crippen LogP contribution is -2.26. The number of thioether (sulfide) groups is 1. The zero-order valence-corrected chi connectivity index (χ0v) is 14.7. The zero-order chi connectivity index (χ0) is 18.4. The molecular formula is C19H22O5S. The second-order valence-electron chi connectivity index (χ2n) is 5.91. The monoisotopic (exact) mass is 362 g/mol.